The zero-order chi connectivity index (χ0) is 31.3. The van der Waals surface area contributed by atoms with Crippen molar-refractivity contribution < 1.29 is 47.1 Å². The van der Waals surface area contributed by atoms with Crippen LogP contribution in [-0.2, 0) is 32.2 Å². The summed E-state index contributed by atoms with van der Waals surface area (Å²) in [6, 6.07) is 0. The van der Waals surface area contributed by atoms with Gasteiger partial charge in [-0.15, -0.1) is 9.42 Å². The summed E-state index contributed by atoms with van der Waals surface area (Å²) >= 11 is 0. The highest BCUT2D eigenvalue weighted by atomic mass is 31.2. The maximum absolute atomic E-state index is 13.0. The number of rotatable bonds is 10. The molecule has 2 aliphatic heterocycles. The maximum atomic E-state index is 13.0. The molecule has 0 aliphatic carbocycles. The highest BCUT2D eigenvalue weighted by Crippen LogP contribution is 2.49. The number of nitrogens with two attached hydrogens (primary N) is 2. The minimum Gasteiger partial charge on any atom is -0.390 e. The van der Waals surface area contributed by atoms with E-state index in [2.05, 4.69) is 29.9 Å². The molecule has 22 nitrogen and oxygen atoms in total. The largest absolute Gasteiger partial charge is 0.694 e. The van der Waals surface area contributed by atoms with Gasteiger partial charge < -0.3 is 30.9 Å². The van der Waals surface area contributed by atoms with Crippen LogP contribution in [0.15, 0.2) is 22.2 Å². The molecule has 6 rings (SSSR count). The fourth-order valence-electron chi connectivity index (χ4n) is 4.98. The standard InChI is InChI=1S/C20H24N10O12P2/c21-19-25-15-13(17(32)27-19)23-5-29(15)11-1-7(31)9(40-11)4-39-44(36,37)42-8-2-12(41-10(8)3-38-43(34)35)30-6-24-14-16(30)26-20(22)28-18(14)33/h5-12,31H,1-4H2,(H7-,21,22,25,26,27,28,32,33,34,35,36,37)/p+1/t7-,8-,9+,10+,11+,12+/m0/s1. The van der Waals surface area contributed by atoms with Crippen LogP contribution >= 0.6 is 16.1 Å². The molecule has 236 valence electrons. The topological polar surface area (TPSA) is 320 Å². The minimum absolute atomic E-state index is 0.00125. The molecule has 2 unspecified atom stereocenters. The van der Waals surface area contributed by atoms with Gasteiger partial charge in [-0.25, -0.2) is 14.5 Å². The summed E-state index contributed by atoms with van der Waals surface area (Å²) < 4.78 is 53.7. The van der Waals surface area contributed by atoms with E-state index >= 15 is 0 Å². The summed E-state index contributed by atoms with van der Waals surface area (Å²) in [7, 11) is -7.92. The van der Waals surface area contributed by atoms with Crippen LogP contribution in [0.25, 0.3) is 22.3 Å². The third kappa shape index (κ3) is 6.00. The number of nitrogen functional groups attached to an aromatic ring is 2. The Kier molecular flexibility index (Phi) is 8.05. The van der Waals surface area contributed by atoms with Gasteiger partial charge in [0.1, 0.15) is 37.4 Å². The first-order valence-electron chi connectivity index (χ1n) is 12.8. The van der Waals surface area contributed by atoms with Crippen molar-refractivity contribution >= 4 is 50.3 Å². The lowest BCUT2D eigenvalue weighted by Gasteiger charge is -2.21. The second-order valence-electron chi connectivity index (χ2n) is 9.79. The van der Waals surface area contributed by atoms with Gasteiger partial charge in [0.05, 0.1) is 25.4 Å². The van der Waals surface area contributed by atoms with E-state index in [0.717, 1.165) is 0 Å². The van der Waals surface area contributed by atoms with Gasteiger partial charge in [0, 0.05) is 17.4 Å². The number of phosphoric ester groups is 1. The van der Waals surface area contributed by atoms with E-state index in [-0.39, 0.29) is 47.1 Å². The number of aromatic amines is 2. The highest BCUT2D eigenvalue weighted by molar-refractivity contribution is 7.47. The maximum Gasteiger partial charge on any atom is 0.694 e. The Morgan fingerprint density at radius 2 is 1.52 bits per heavy atom. The lowest BCUT2D eigenvalue weighted by atomic mass is 10.2. The second-order valence-corrected chi connectivity index (χ2v) is 11.9. The third-order valence-electron chi connectivity index (χ3n) is 6.93. The first kappa shape index (κ1) is 30.3. The number of H-pyrrole nitrogens is 2. The molecular weight excluding hydrogens is 634 g/mol. The number of anilines is 2. The number of fused-ring (bicyclic) bond motifs is 2. The number of aliphatic hydroxyl groups is 1. The van der Waals surface area contributed by atoms with Crippen molar-refractivity contribution in [2.75, 3.05) is 24.7 Å². The lowest BCUT2D eigenvalue weighted by molar-refractivity contribution is -0.0534. The van der Waals surface area contributed by atoms with Gasteiger partial charge in [-0.2, -0.15) is 9.97 Å². The Hall–Kier alpha value is -3.69. The molecule has 0 bridgehead atoms. The number of nitrogens with one attached hydrogen (secondary N) is 2. The van der Waals surface area contributed by atoms with Gasteiger partial charge >= 0.3 is 16.1 Å². The summed E-state index contributed by atoms with van der Waals surface area (Å²) in [5.41, 5.74) is 10.2. The summed E-state index contributed by atoms with van der Waals surface area (Å²) in [6.45, 7) is -1.10. The molecular formula is C20H25N10O12P2+. The van der Waals surface area contributed by atoms with E-state index in [1.165, 1.54) is 21.8 Å². The molecule has 2 aliphatic rings. The SMILES string of the molecule is Nc1nc2c(ncn2[C@H]2C[C@H](OP(=O)(O)OC[C@H]3O[C@@H](n4cnc5c(=O)[nH]c(N)nc54)C[C@@H]3O)[C@@H](CO[P+](=O)O)O2)c(=O)[nH]1. The zero-order valence-electron chi connectivity index (χ0n) is 22.2. The average Bonchev–Trinajstić information content (AvgIpc) is 3.71. The van der Waals surface area contributed by atoms with Crippen LogP contribution in [0.3, 0.4) is 0 Å². The van der Waals surface area contributed by atoms with Crippen molar-refractivity contribution in [3.8, 4) is 0 Å². The molecule has 4 aromatic heterocycles. The molecule has 4 aromatic rings. The zero-order valence-corrected chi connectivity index (χ0v) is 24.0. The Balaban J connectivity index is 1.14. The van der Waals surface area contributed by atoms with E-state index in [1.807, 2.05) is 0 Å². The van der Waals surface area contributed by atoms with E-state index in [0.29, 0.717) is 0 Å². The average molecular weight is 659 g/mol. The summed E-state index contributed by atoms with van der Waals surface area (Å²) in [4.78, 5) is 64.6. The third-order valence-corrected chi connectivity index (χ3v) is 8.31. The van der Waals surface area contributed by atoms with Crippen LogP contribution < -0.4 is 22.6 Å². The van der Waals surface area contributed by atoms with Crippen LogP contribution in [0.5, 0.6) is 0 Å². The van der Waals surface area contributed by atoms with E-state index < -0.39 is 77.3 Å². The smallest absolute Gasteiger partial charge is 0.390 e. The Bertz CT molecular complexity index is 1890. The molecule has 44 heavy (non-hydrogen) atoms. The number of ether oxygens (including phenoxy) is 2. The van der Waals surface area contributed by atoms with Crippen molar-refractivity contribution in [1.29, 1.82) is 0 Å². The van der Waals surface area contributed by atoms with E-state index in [4.69, 9.17) is 39.4 Å². The van der Waals surface area contributed by atoms with Gasteiger partial charge in [-0.05, 0) is 0 Å². The predicted molar refractivity (Wildman–Crippen MR) is 145 cm³/mol. The molecule has 0 spiro atoms. The minimum atomic E-state index is -4.88. The molecule has 0 radical (unpaired) electrons. The van der Waals surface area contributed by atoms with Crippen LogP contribution in [0, 0.1) is 0 Å². The molecule has 9 N–H and O–H groups in total. The van der Waals surface area contributed by atoms with Crippen LogP contribution in [0.1, 0.15) is 25.3 Å². The van der Waals surface area contributed by atoms with Gasteiger partial charge in [0.15, 0.2) is 22.3 Å². The number of nitrogens with zero attached hydrogens (tertiary/aromatic N) is 6. The van der Waals surface area contributed by atoms with Crippen LogP contribution in [0.2, 0.25) is 0 Å². The van der Waals surface area contributed by atoms with Crippen molar-refractivity contribution in [3.05, 3.63) is 33.4 Å². The van der Waals surface area contributed by atoms with Crippen molar-refractivity contribution in [2.45, 2.75) is 49.7 Å². The van der Waals surface area contributed by atoms with E-state index in [1.54, 1.807) is 0 Å². The van der Waals surface area contributed by atoms with Gasteiger partial charge in [0.2, 0.25) is 11.9 Å². The van der Waals surface area contributed by atoms with Crippen molar-refractivity contribution in [1.82, 2.24) is 39.0 Å². The number of phosphoric acid groups is 1. The number of hydrogen-bond acceptors (Lipinski definition) is 16. The number of imidazole rings is 2. The van der Waals surface area contributed by atoms with Gasteiger partial charge in [-0.1, -0.05) is 0 Å². The van der Waals surface area contributed by atoms with Crippen LogP contribution in [0.4, 0.5) is 11.9 Å². The Morgan fingerprint density at radius 3 is 2.09 bits per heavy atom. The number of hydrogen-bond donors (Lipinski definition) is 7. The molecule has 2 saturated heterocycles. The quantitative estimate of drug-likeness (QED) is 0.0954. The molecule has 0 aromatic carbocycles. The molecule has 8 atom stereocenters. The van der Waals surface area contributed by atoms with Crippen molar-refractivity contribution in [3.63, 3.8) is 0 Å². The van der Waals surface area contributed by atoms with Gasteiger partial charge in [-0.3, -0.25) is 37.7 Å². The Labute approximate surface area is 244 Å². The Morgan fingerprint density at radius 1 is 0.977 bits per heavy atom. The number of aromatic nitrogens is 8. The number of aliphatic hydroxyl groups excluding tert-OH is 1. The molecule has 6 heterocycles. The predicted octanol–water partition coefficient (Wildman–Crippen LogP) is -1.48. The molecule has 2 fully saturated rings. The fraction of sp³-hybridized carbons (Fsp3) is 0.500. The fourth-order valence-corrected chi connectivity index (χ4v) is 6.22. The highest BCUT2D eigenvalue weighted by Gasteiger charge is 2.45. The second kappa shape index (κ2) is 11.7. The summed E-state index contributed by atoms with van der Waals surface area (Å²) in [6.07, 6.45) is -4.05. The van der Waals surface area contributed by atoms with Gasteiger partial charge in [0.25, 0.3) is 11.1 Å². The monoisotopic (exact) mass is 659 g/mol. The first-order chi connectivity index (χ1) is 20.9. The van der Waals surface area contributed by atoms with E-state index in [9.17, 15) is 28.7 Å². The van der Waals surface area contributed by atoms with Crippen molar-refractivity contribution in [2.24, 2.45) is 0 Å². The molecule has 0 saturated carbocycles. The normalized spacial score (nSPS) is 27.3. The summed E-state index contributed by atoms with van der Waals surface area (Å²) in [5, 5.41) is 10.6. The summed E-state index contributed by atoms with van der Waals surface area (Å²) in [5.74, 6) is -0.335. The first-order valence-corrected chi connectivity index (χ1v) is 15.4. The molecule has 24 heteroatoms. The lowest BCUT2D eigenvalue weighted by Crippen LogP contribution is -2.29. The molecule has 0 amide bonds. The van der Waals surface area contributed by atoms with Crippen LogP contribution in [-0.4, -0.2) is 91.6 Å².